The Morgan fingerprint density at radius 1 is 1.28 bits per heavy atom. The van der Waals surface area contributed by atoms with Crippen LogP contribution in [-0.4, -0.2) is 15.7 Å². The molecule has 0 fully saturated rings. The molecule has 2 aromatic rings. The fraction of sp³-hybridized carbons (Fsp3) is 0.357. The molecule has 0 saturated carbocycles. The van der Waals surface area contributed by atoms with Gasteiger partial charge >= 0.3 is 0 Å². The van der Waals surface area contributed by atoms with Gasteiger partial charge in [-0.3, -0.25) is 0 Å². The molecular weight excluding hydrogens is 226 g/mol. The third kappa shape index (κ3) is 3.34. The van der Waals surface area contributed by atoms with Crippen molar-refractivity contribution in [3.8, 4) is 5.75 Å². The molecule has 0 aliphatic carbocycles. The normalized spacial score (nSPS) is 12.7. The monoisotopic (exact) mass is 245 g/mol. The van der Waals surface area contributed by atoms with Crippen molar-refractivity contribution in [2.45, 2.75) is 32.5 Å². The minimum Gasteiger partial charge on any atom is -0.491 e. The first-order chi connectivity index (χ1) is 8.65. The number of imidazole rings is 1. The molecular formula is C14H19N3O. The number of aromatic nitrogens is 2. The van der Waals surface area contributed by atoms with E-state index in [1.54, 1.807) is 12.5 Å². The van der Waals surface area contributed by atoms with Crippen LogP contribution in [0.15, 0.2) is 43.0 Å². The van der Waals surface area contributed by atoms with Crippen LogP contribution in [0.25, 0.3) is 0 Å². The fourth-order valence-corrected chi connectivity index (χ4v) is 1.79. The van der Waals surface area contributed by atoms with E-state index in [9.17, 15) is 0 Å². The summed E-state index contributed by atoms with van der Waals surface area (Å²) in [5.74, 6) is 0.878. The Balaban J connectivity index is 2.00. The second-order valence-electron chi connectivity index (χ2n) is 4.60. The van der Waals surface area contributed by atoms with Gasteiger partial charge in [0.2, 0.25) is 0 Å². The van der Waals surface area contributed by atoms with E-state index in [-0.39, 0.29) is 12.1 Å². The third-order valence-corrected chi connectivity index (χ3v) is 2.65. The molecule has 18 heavy (non-hydrogen) atoms. The quantitative estimate of drug-likeness (QED) is 0.879. The van der Waals surface area contributed by atoms with Crippen molar-refractivity contribution in [3.63, 3.8) is 0 Å². The van der Waals surface area contributed by atoms with E-state index < -0.39 is 0 Å². The highest BCUT2D eigenvalue weighted by Crippen LogP contribution is 2.18. The molecule has 1 aromatic carbocycles. The van der Waals surface area contributed by atoms with E-state index in [1.165, 1.54) is 0 Å². The van der Waals surface area contributed by atoms with Crippen molar-refractivity contribution in [3.05, 3.63) is 48.5 Å². The van der Waals surface area contributed by atoms with Gasteiger partial charge < -0.3 is 15.0 Å². The lowest BCUT2D eigenvalue weighted by Crippen LogP contribution is -2.16. The molecule has 1 heterocycles. The summed E-state index contributed by atoms with van der Waals surface area (Å²) < 4.78 is 7.57. The first-order valence-electron chi connectivity index (χ1n) is 6.13. The Hall–Kier alpha value is -1.81. The smallest absolute Gasteiger partial charge is 0.119 e. The van der Waals surface area contributed by atoms with Gasteiger partial charge in [0.25, 0.3) is 0 Å². The van der Waals surface area contributed by atoms with Crippen LogP contribution < -0.4 is 10.5 Å². The fourth-order valence-electron chi connectivity index (χ4n) is 1.79. The van der Waals surface area contributed by atoms with Gasteiger partial charge in [0.05, 0.1) is 12.4 Å². The van der Waals surface area contributed by atoms with Gasteiger partial charge in [0.1, 0.15) is 5.75 Å². The van der Waals surface area contributed by atoms with Gasteiger partial charge in [-0.25, -0.2) is 4.98 Å². The predicted octanol–water partition coefficient (Wildman–Crippen LogP) is 2.37. The van der Waals surface area contributed by atoms with Crippen molar-refractivity contribution in [1.82, 2.24) is 9.55 Å². The first kappa shape index (κ1) is 12.6. The molecule has 0 bridgehead atoms. The summed E-state index contributed by atoms with van der Waals surface area (Å²) in [7, 11) is 0. The summed E-state index contributed by atoms with van der Waals surface area (Å²) in [5.41, 5.74) is 7.25. The van der Waals surface area contributed by atoms with E-state index in [0.717, 1.165) is 17.9 Å². The molecule has 2 N–H and O–H groups in total. The molecule has 0 amide bonds. The number of nitrogens with zero attached hydrogens (tertiary/aromatic N) is 2. The Morgan fingerprint density at radius 3 is 2.56 bits per heavy atom. The average Bonchev–Trinajstić information content (AvgIpc) is 2.82. The highest BCUT2D eigenvalue weighted by Gasteiger charge is 2.07. The summed E-state index contributed by atoms with van der Waals surface area (Å²) in [4.78, 5) is 4.00. The second kappa shape index (κ2) is 5.69. The van der Waals surface area contributed by atoms with E-state index in [2.05, 4.69) is 4.98 Å². The minimum atomic E-state index is -0.0349. The molecule has 0 spiro atoms. The first-order valence-corrected chi connectivity index (χ1v) is 6.13. The number of benzene rings is 1. The van der Waals surface area contributed by atoms with Gasteiger partial charge in [-0.05, 0) is 31.5 Å². The summed E-state index contributed by atoms with van der Waals surface area (Å²) >= 11 is 0. The SMILES string of the molecule is CC(C)Oc1ccc(C(N)Cn2ccnc2)cc1. The highest BCUT2D eigenvalue weighted by molar-refractivity contribution is 5.29. The topological polar surface area (TPSA) is 53.1 Å². The maximum atomic E-state index is 6.15. The molecule has 1 aromatic heterocycles. The zero-order valence-corrected chi connectivity index (χ0v) is 10.8. The second-order valence-corrected chi connectivity index (χ2v) is 4.60. The van der Waals surface area contributed by atoms with Gasteiger partial charge in [-0.1, -0.05) is 12.1 Å². The molecule has 4 heteroatoms. The van der Waals surface area contributed by atoms with Crippen LogP contribution in [-0.2, 0) is 6.54 Å². The standard InChI is InChI=1S/C14H19N3O/c1-11(2)18-13-5-3-12(4-6-13)14(15)9-17-8-7-16-10-17/h3-8,10-11,14H,9,15H2,1-2H3. The van der Waals surface area contributed by atoms with Crippen LogP contribution in [0.1, 0.15) is 25.5 Å². The largest absolute Gasteiger partial charge is 0.491 e. The Kier molecular flexibility index (Phi) is 3.99. The molecule has 0 aliphatic heterocycles. The summed E-state index contributed by atoms with van der Waals surface area (Å²) in [6.45, 7) is 4.75. The molecule has 1 atom stereocenters. The third-order valence-electron chi connectivity index (χ3n) is 2.65. The Bertz CT molecular complexity index is 462. The lowest BCUT2D eigenvalue weighted by Gasteiger charge is -2.14. The van der Waals surface area contributed by atoms with Crippen molar-refractivity contribution in [2.75, 3.05) is 0 Å². The summed E-state index contributed by atoms with van der Waals surface area (Å²) in [5, 5.41) is 0. The molecule has 2 rings (SSSR count). The number of rotatable bonds is 5. The van der Waals surface area contributed by atoms with Crippen molar-refractivity contribution in [2.24, 2.45) is 5.73 Å². The van der Waals surface area contributed by atoms with Gasteiger partial charge in [-0.2, -0.15) is 0 Å². The van der Waals surface area contributed by atoms with Crippen molar-refractivity contribution in [1.29, 1.82) is 0 Å². The van der Waals surface area contributed by atoms with Crippen LogP contribution in [0.5, 0.6) is 5.75 Å². The van der Waals surface area contributed by atoms with Crippen LogP contribution >= 0.6 is 0 Å². The Morgan fingerprint density at radius 2 is 2.00 bits per heavy atom. The molecule has 0 radical (unpaired) electrons. The number of ether oxygens (including phenoxy) is 1. The van der Waals surface area contributed by atoms with Crippen molar-refractivity contribution >= 4 is 0 Å². The molecule has 4 nitrogen and oxygen atoms in total. The highest BCUT2D eigenvalue weighted by atomic mass is 16.5. The predicted molar refractivity (Wildman–Crippen MR) is 71.4 cm³/mol. The number of nitrogens with two attached hydrogens (primary N) is 1. The minimum absolute atomic E-state index is 0.0349. The molecule has 1 unspecified atom stereocenters. The molecule has 0 saturated heterocycles. The zero-order valence-electron chi connectivity index (χ0n) is 10.8. The lowest BCUT2D eigenvalue weighted by atomic mass is 10.1. The average molecular weight is 245 g/mol. The van der Waals surface area contributed by atoms with Gasteiger partial charge in [-0.15, -0.1) is 0 Å². The van der Waals surface area contributed by atoms with Gasteiger partial charge in [0.15, 0.2) is 0 Å². The number of hydrogen-bond donors (Lipinski definition) is 1. The Labute approximate surface area is 107 Å². The molecule has 0 aliphatic rings. The zero-order chi connectivity index (χ0) is 13.0. The number of hydrogen-bond acceptors (Lipinski definition) is 3. The van der Waals surface area contributed by atoms with E-state index in [4.69, 9.17) is 10.5 Å². The maximum Gasteiger partial charge on any atom is 0.119 e. The van der Waals surface area contributed by atoms with Crippen LogP contribution in [0.3, 0.4) is 0 Å². The summed E-state index contributed by atoms with van der Waals surface area (Å²) in [6.07, 6.45) is 5.63. The van der Waals surface area contributed by atoms with Crippen LogP contribution in [0, 0.1) is 0 Å². The van der Waals surface area contributed by atoms with E-state index >= 15 is 0 Å². The van der Waals surface area contributed by atoms with Crippen molar-refractivity contribution < 1.29 is 4.74 Å². The maximum absolute atomic E-state index is 6.15. The molecule has 96 valence electrons. The van der Waals surface area contributed by atoms with Crippen LogP contribution in [0.2, 0.25) is 0 Å². The van der Waals surface area contributed by atoms with Gasteiger partial charge in [0, 0.05) is 25.0 Å². The van der Waals surface area contributed by atoms with E-state index in [1.807, 2.05) is 48.9 Å². The lowest BCUT2D eigenvalue weighted by molar-refractivity contribution is 0.242. The summed E-state index contributed by atoms with van der Waals surface area (Å²) in [6, 6.07) is 7.91. The van der Waals surface area contributed by atoms with Crippen LogP contribution in [0.4, 0.5) is 0 Å². The van der Waals surface area contributed by atoms with E-state index in [0.29, 0.717) is 0 Å².